The molecule has 0 spiro atoms. The normalized spacial score (nSPS) is 27.9. The van der Waals surface area contributed by atoms with E-state index in [1.807, 2.05) is 25.1 Å². The van der Waals surface area contributed by atoms with E-state index in [1.54, 1.807) is 0 Å². The fraction of sp³-hybridized carbons (Fsp3) is 0.588. The van der Waals surface area contributed by atoms with Crippen LogP contribution >= 0.6 is 0 Å². The minimum Gasteiger partial charge on any atom is -0.493 e. The molecule has 21 heavy (non-hydrogen) atoms. The average Bonchev–Trinajstić information content (AvgIpc) is 2.87. The van der Waals surface area contributed by atoms with Crippen molar-refractivity contribution in [1.82, 2.24) is 4.90 Å². The molecule has 1 aromatic carbocycles. The van der Waals surface area contributed by atoms with E-state index in [1.165, 1.54) is 5.56 Å². The molecule has 0 N–H and O–H groups in total. The minimum atomic E-state index is -0.158. The van der Waals surface area contributed by atoms with Crippen molar-refractivity contribution >= 4 is 5.97 Å². The van der Waals surface area contributed by atoms with E-state index in [0.717, 1.165) is 12.2 Å². The quantitative estimate of drug-likeness (QED) is 0.802. The van der Waals surface area contributed by atoms with Crippen LogP contribution in [0.4, 0.5) is 0 Å². The van der Waals surface area contributed by atoms with Gasteiger partial charge in [0.2, 0.25) is 0 Å². The van der Waals surface area contributed by atoms with Crippen LogP contribution in [-0.2, 0) is 9.53 Å². The second-order valence-electron chi connectivity index (χ2n) is 6.10. The highest BCUT2D eigenvalue weighted by Crippen LogP contribution is 2.48. The van der Waals surface area contributed by atoms with Crippen LogP contribution in [0.1, 0.15) is 38.8 Å². The van der Waals surface area contributed by atoms with Crippen molar-refractivity contribution in [1.29, 1.82) is 0 Å². The second kappa shape index (κ2) is 5.68. The molecule has 4 heteroatoms. The van der Waals surface area contributed by atoms with Crippen molar-refractivity contribution in [3.05, 3.63) is 29.8 Å². The molecule has 2 heterocycles. The molecule has 0 radical (unpaired) electrons. The van der Waals surface area contributed by atoms with Gasteiger partial charge in [-0.2, -0.15) is 0 Å². The van der Waals surface area contributed by atoms with Crippen LogP contribution in [0.3, 0.4) is 0 Å². The van der Waals surface area contributed by atoms with Gasteiger partial charge < -0.3 is 9.47 Å². The molecule has 1 saturated heterocycles. The van der Waals surface area contributed by atoms with E-state index in [2.05, 4.69) is 24.8 Å². The van der Waals surface area contributed by atoms with E-state index in [0.29, 0.717) is 25.2 Å². The number of nitrogens with zero attached hydrogens (tertiary/aromatic N) is 1. The van der Waals surface area contributed by atoms with Gasteiger partial charge in [-0.3, -0.25) is 9.69 Å². The first-order chi connectivity index (χ1) is 10.1. The van der Waals surface area contributed by atoms with E-state index in [-0.39, 0.29) is 18.1 Å². The van der Waals surface area contributed by atoms with Gasteiger partial charge in [-0.15, -0.1) is 0 Å². The number of carbonyl (C=O) groups is 1. The van der Waals surface area contributed by atoms with Gasteiger partial charge in [-0.1, -0.05) is 18.2 Å². The number of para-hydroxylation sites is 1. The molecule has 0 saturated carbocycles. The summed E-state index contributed by atoms with van der Waals surface area (Å²) in [5.41, 5.74) is 1.20. The van der Waals surface area contributed by atoms with E-state index >= 15 is 0 Å². The molecule has 2 aliphatic rings. The summed E-state index contributed by atoms with van der Waals surface area (Å²) in [4.78, 5) is 14.6. The topological polar surface area (TPSA) is 38.8 Å². The summed E-state index contributed by atoms with van der Waals surface area (Å²) in [5, 5.41) is 0. The van der Waals surface area contributed by atoms with Crippen LogP contribution in [0.2, 0.25) is 0 Å². The number of likely N-dealkylation sites (tertiary alicyclic amines) is 1. The molecule has 114 valence electrons. The van der Waals surface area contributed by atoms with E-state index in [4.69, 9.17) is 9.47 Å². The molecule has 0 amide bonds. The number of ether oxygens (including phenoxy) is 2. The fourth-order valence-electron chi connectivity index (χ4n) is 3.74. The van der Waals surface area contributed by atoms with E-state index < -0.39 is 0 Å². The van der Waals surface area contributed by atoms with Crippen molar-refractivity contribution < 1.29 is 14.3 Å². The highest BCUT2D eigenvalue weighted by atomic mass is 16.5. The summed E-state index contributed by atoms with van der Waals surface area (Å²) in [5.74, 6) is 1.21. The Morgan fingerprint density at radius 1 is 1.43 bits per heavy atom. The predicted molar refractivity (Wildman–Crippen MR) is 80.2 cm³/mol. The Labute approximate surface area is 126 Å². The first kappa shape index (κ1) is 14.4. The summed E-state index contributed by atoms with van der Waals surface area (Å²) in [6.45, 7) is 7.27. The van der Waals surface area contributed by atoms with Gasteiger partial charge in [0.15, 0.2) is 0 Å². The molecule has 4 nitrogen and oxygen atoms in total. The molecule has 1 aromatic rings. The van der Waals surface area contributed by atoms with Crippen molar-refractivity contribution in [3.8, 4) is 5.75 Å². The smallest absolute Gasteiger partial charge is 0.323 e. The van der Waals surface area contributed by atoms with Gasteiger partial charge in [0, 0.05) is 23.6 Å². The van der Waals surface area contributed by atoms with Gasteiger partial charge in [-0.25, -0.2) is 0 Å². The summed E-state index contributed by atoms with van der Waals surface area (Å²) in [6.07, 6.45) is 0.815. The number of hydrogen-bond donors (Lipinski definition) is 0. The fourth-order valence-corrected chi connectivity index (χ4v) is 3.74. The lowest BCUT2D eigenvalue weighted by molar-refractivity contribution is -0.149. The predicted octanol–water partition coefficient (Wildman–Crippen LogP) is 2.78. The Hall–Kier alpha value is -1.55. The largest absolute Gasteiger partial charge is 0.493 e. The zero-order chi connectivity index (χ0) is 15.0. The number of hydrogen-bond acceptors (Lipinski definition) is 4. The Morgan fingerprint density at radius 2 is 2.19 bits per heavy atom. The molecule has 0 aromatic heterocycles. The Kier molecular flexibility index (Phi) is 3.89. The third-order valence-electron chi connectivity index (χ3n) is 4.50. The highest BCUT2D eigenvalue weighted by molar-refractivity contribution is 5.76. The molecule has 0 aliphatic carbocycles. The summed E-state index contributed by atoms with van der Waals surface area (Å²) in [6, 6.07) is 8.56. The first-order valence-corrected chi connectivity index (χ1v) is 7.79. The third kappa shape index (κ3) is 2.42. The van der Waals surface area contributed by atoms with Crippen molar-refractivity contribution in [2.24, 2.45) is 5.92 Å². The zero-order valence-electron chi connectivity index (χ0n) is 12.9. The third-order valence-corrected chi connectivity index (χ3v) is 4.50. The maximum absolute atomic E-state index is 12.3. The van der Waals surface area contributed by atoms with Crippen molar-refractivity contribution in [2.45, 2.75) is 45.3 Å². The van der Waals surface area contributed by atoms with Crippen LogP contribution in [0.25, 0.3) is 0 Å². The lowest BCUT2D eigenvalue weighted by Gasteiger charge is -2.37. The molecule has 3 rings (SSSR count). The first-order valence-electron chi connectivity index (χ1n) is 7.79. The lowest BCUT2D eigenvalue weighted by atomic mass is 9.91. The zero-order valence-corrected chi connectivity index (χ0v) is 12.9. The number of benzene rings is 1. The molecule has 2 aliphatic heterocycles. The van der Waals surface area contributed by atoms with Crippen LogP contribution in [0.5, 0.6) is 5.75 Å². The van der Waals surface area contributed by atoms with Gasteiger partial charge >= 0.3 is 5.97 Å². The summed E-state index contributed by atoms with van der Waals surface area (Å²) in [7, 11) is 0. The summed E-state index contributed by atoms with van der Waals surface area (Å²) >= 11 is 0. The number of rotatable bonds is 3. The standard InChI is InChI=1S/C17H23NO3/c1-4-20-17(19)14-9-12-10-21-15-8-6-5-7-13(15)16(12)18(14)11(2)3/h5-8,11-12,14,16H,4,9-10H2,1-3H3/t12-,14-,16-/m1/s1. The van der Waals surface area contributed by atoms with Crippen molar-refractivity contribution in [2.75, 3.05) is 13.2 Å². The molecule has 1 fully saturated rings. The SMILES string of the molecule is CCOC(=O)[C@H]1C[C@@H]2COc3ccccc3[C@@H]2N1C(C)C. The monoisotopic (exact) mass is 289 g/mol. The van der Waals surface area contributed by atoms with Crippen molar-refractivity contribution in [3.63, 3.8) is 0 Å². The Bertz CT molecular complexity index is 529. The molecule has 0 unspecified atom stereocenters. The van der Waals surface area contributed by atoms with Gasteiger partial charge in [0.25, 0.3) is 0 Å². The highest BCUT2D eigenvalue weighted by Gasteiger charge is 2.49. The van der Waals surface area contributed by atoms with Crippen LogP contribution in [0.15, 0.2) is 24.3 Å². The van der Waals surface area contributed by atoms with E-state index in [9.17, 15) is 4.79 Å². The Balaban J connectivity index is 1.96. The number of esters is 1. The van der Waals surface area contributed by atoms with Crippen LogP contribution in [-0.4, -0.2) is 36.2 Å². The Morgan fingerprint density at radius 3 is 2.90 bits per heavy atom. The van der Waals surface area contributed by atoms with Gasteiger partial charge in [-0.05, 0) is 33.3 Å². The minimum absolute atomic E-state index is 0.0990. The van der Waals surface area contributed by atoms with Crippen LogP contribution < -0.4 is 4.74 Å². The van der Waals surface area contributed by atoms with Gasteiger partial charge in [0.1, 0.15) is 11.8 Å². The van der Waals surface area contributed by atoms with Gasteiger partial charge in [0.05, 0.1) is 13.2 Å². The number of carbonyl (C=O) groups excluding carboxylic acids is 1. The molecule has 3 atom stereocenters. The lowest BCUT2D eigenvalue weighted by Crippen LogP contribution is -2.43. The maximum atomic E-state index is 12.3. The van der Waals surface area contributed by atoms with Crippen LogP contribution in [0, 0.1) is 5.92 Å². The maximum Gasteiger partial charge on any atom is 0.323 e. The average molecular weight is 289 g/mol. The second-order valence-corrected chi connectivity index (χ2v) is 6.10. The summed E-state index contributed by atoms with van der Waals surface area (Å²) < 4.78 is 11.2. The molecular formula is C17H23NO3. The molecular weight excluding hydrogens is 266 g/mol. The molecule has 0 bridgehead atoms. The number of fused-ring (bicyclic) bond motifs is 3.